The van der Waals surface area contributed by atoms with Crippen LogP contribution in [0.1, 0.15) is 22.3 Å². The van der Waals surface area contributed by atoms with Gasteiger partial charge in [-0.2, -0.15) is 0 Å². The highest BCUT2D eigenvalue weighted by Crippen LogP contribution is 2.14. The molecule has 0 bridgehead atoms. The topological polar surface area (TPSA) is 24.7 Å². The van der Waals surface area contributed by atoms with E-state index in [4.69, 9.17) is 0 Å². The predicted molar refractivity (Wildman–Crippen MR) is 103 cm³/mol. The van der Waals surface area contributed by atoms with Crippen molar-refractivity contribution in [2.24, 2.45) is 9.98 Å². The summed E-state index contributed by atoms with van der Waals surface area (Å²) in [5.74, 6) is 0. The minimum Gasteiger partial charge on any atom is -0.256 e. The summed E-state index contributed by atoms with van der Waals surface area (Å²) in [6, 6.07) is 24.6. The highest BCUT2D eigenvalue weighted by molar-refractivity contribution is 5.86. The van der Waals surface area contributed by atoms with E-state index in [1.54, 1.807) is 0 Å². The van der Waals surface area contributed by atoms with Gasteiger partial charge < -0.3 is 0 Å². The Morgan fingerprint density at radius 2 is 0.833 bits per heavy atom. The van der Waals surface area contributed by atoms with Gasteiger partial charge >= 0.3 is 0 Å². The van der Waals surface area contributed by atoms with E-state index in [1.807, 2.05) is 61.0 Å². The smallest absolute Gasteiger partial charge is 0.0630 e. The van der Waals surface area contributed by atoms with Crippen molar-refractivity contribution in [2.75, 3.05) is 0 Å². The zero-order chi connectivity index (χ0) is 16.8. The first-order valence-electron chi connectivity index (χ1n) is 8.01. The summed E-state index contributed by atoms with van der Waals surface area (Å²) in [7, 11) is 0. The van der Waals surface area contributed by atoms with Crippen molar-refractivity contribution < 1.29 is 0 Å². The van der Waals surface area contributed by atoms with E-state index in [-0.39, 0.29) is 0 Å². The van der Waals surface area contributed by atoms with Crippen molar-refractivity contribution in [3.63, 3.8) is 0 Å². The maximum atomic E-state index is 4.49. The van der Waals surface area contributed by atoms with Crippen molar-refractivity contribution >= 4 is 23.8 Å². The highest BCUT2D eigenvalue weighted by atomic mass is 14.7. The van der Waals surface area contributed by atoms with Crippen LogP contribution in [-0.4, -0.2) is 12.4 Å². The fourth-order valence-corrected chi connectivity index (χ4v) is 2.23. The average Bonchev–Trinajstić information content (AvgIpc) is 2.62. The van der Waals surface area contributed by atoms with Gasteiger partial charge in [0.05, 0.1) is 11.4 Å². The molecule has 3 aromatic rings. The van der Waals surface area contributed by atoms with E-state index in [1.165, 1.54) is 11.1 Å². The van der Waals surface area contributed by atoms with E-state index in [9.17, 15) is 0 Å². The highest BCUT2D eigenvalue weighted by Gasteiger charge is 1.92. The zero-order valence-corrected chi connectivity index (χ0v) is 14.0. The molecule has 0 heterocycles. The van der Waals surface area contributed by atoms with Crippen molar-refractivity contribution in [3.05, 3.63) is 95.1 Å². The van der Waals surface area contributed by atoms with Gasteiger partial charge in [0.15, 0.2) is 0 Å². The summed E-state index contributed by atoms with van der Waals surface area (Å²) >= 11 is 0. The zero-order valence-electron chi connectivity index (χ0n) is 14.0. The van der Waals surface area contributed by atoms with Crippen molar-refractivity contribution in [1.29, 1.82) is 0 Å². The molecule has 0 N–H and O–H groups in total. The molecular weight excluding hydrogens is 292 g/mol. The summed E-state index contributed by atoms with van der Waals surface area (Å²) in [6.45, 7) is 4.15. The first kappa shape index (κ1) is 15.9. The Hall–Kier alpha value is -3.00. The van der Waals surface area contributed by atoms with Gasteiger partial charge in [-0.3, -0.25) is 9.98 Å². The van der Waals surface area contributed by atoms with Gasteiger partial charge in [-0.1, -0.05) is 59.7 Å². The normalized spacial score (nSPS) is 11.4. The van der Waals surface area contributed by atoms with Crippen LogP contribution in [0.15, 0.2) is 82.8 Å². The van der Waals surface area contributed by atoms with E-state index >= 15 is 0 Å². The SMILES string of the molecule is Cc1ccc(N=Cc2ccc(C=Nc3ccc(C)cc3)cc2)cc1. The maximum Gasteiger partial charge on any atom is 0.0630 e. The van der Waals surface area contributed by atoms with Crippen LogP contribution in [-0.2, 0) is 0 Å². The minimum absolute atomic E-state index is 0.964. The Bertz CT molecular complexity index is 765. The van der Waals surface area contributed by atoms with Crippen molar-refractivity contribution in [2.45, 2.75) is 13.8 Å². The molecule has 118 valence electrons. The van der Waals surface area contributed by atoms with E-state index in [0.29, 0.717) is 0 Å². The molecule has 0 atom stereocenters. The summed E-state index contributed by atoms with van der Waals surface area (Å²) in [5, 5.41) is 0. The van der Waals surface area contributed by atoms with Crippen LogP contribution in [0.3, 0.4) is 0 Å². The second-order valence-electron chi connectivity index (χ2n) is 5.85. The second-order valence-corrected chi connectivity index (χ2v) is 5.85. The molecule has 0 aliphatic rings. The lowest BCUT2D eigenvalue weighted by molar-refractivity contribution is 1.43. The lowest BCUT2D eigenvalue weighted by atomic mass is 10.1. The Labute approximate surface area is 143 Å². The molecule has 2 nitrogen and oxygen atoms in total. The second kappa shape index (κ2) is 7.51. The van der Waals surface area contributed by atoms with Gasteiger partial charge in [-0.05, 0) is 49.2 Å². The molecule has 0 fully saturated rings. The van der Waals surface area contributed by atoms with Gasteiger partial charge in [-0.25, -0.2) is 0 Å². The molecule has 0 unspecified atom stereocenters. The fourth-order valence-electron chi connectivity index (χ4n) is 2.23. The number of rotatable bonds is 4. The Kier molecular flexibility index (Phi) is 4.97. The Balaban J connectivity index is 1.66. The molecule has 24 heavy (non-hydrogen) atoms. The standard InChI is InChI=1S/C22H20N2/c1-17-3-11-21(12-4-17)23-15-19-7-9-20(10-8-19)16-24-22-13-5-18(2)6-14-22/h3-16H,1-2H3. The Morgan fingerprint density at radius 1 is 0.500 bits per heavy atom. The third-order valence-corrected chi connectivity index (χ3v) is 3.73. The van der Waals surface area contributed by atoms with Crippen LogP contribution in [0.2, 0.25) is 0 Å². The van der Waals surface area contributed by atoms with Crippen LogP contribution >= 0.6 is 0 Å². The molecule has 0 saturated carbocycles. The molecule has 0 radical (unpaired) electrons. The minimum atomic E-state index is 0.964. The van der Waals surface area contributed by atoms with Crippen LogP contribution in [0.25, 0.3) is 0 Å². The summed E-state index contributed by atoms with van der Waals surface area (Å²) in [6.07, 6.45) is 3.76. The molecule has 0 aliphatic carbocycles. The molecule has 0 aliphatic heterocycles. The predicted octanol–water partition coefficient (Wildman–Crippen LogP) is 5.80. The fraction of sp³-hybridized carbons (Fsp3) is 0.0909. The number of nitrogens with zero attached hydrogens (tertiary/aromatic N) is 2. The first-order valence-corrected chi connectivity index (χ1v) is 8.01. The van der Waals surface area contributed by atoms with Gasteiger partial charge in [0.25, 0.3) is 0 Å². The molecular formula is C22H20N2. The number of hydrogen-bond donors (Lipinski definition) is 0. The third kappa shape index (κ3) is 4.50. The average molecular weight is 312 g/mol. The lowest BCUT2D eigenvalue weighted by Gasteiger charge is -1.98. The van der Waals surface area contributed by atoms with Crippen molar-refractivity contribution in [1.82, 2.24) is 0 Å². The number of aliphatic imine (C=N–C) groups is 2. The number of hydrogen-bond acceptors (Lipinski definition) is 2. The van der Waals surface area contributed by atoms with Gasteiger partial charge in [0.2, 0.25) is 0 Å². The molecule has 3 rings (SSSR count). The van der Waals surface area contributed by atoms with Crippen LogP contribution in [0.5, 0.6) is 0 Å². The molecule has 0 amide bonds. The van der Waals surface area contributed by atoms with Crippen molar-refractivity contribution in [3.8, 4) is 0 Å². The Morgan fingerprint density at radius 3 is 1.17 bits per heavy atom. The van der Waals surface area contributed by atoms with Gasteiger partial charge in [0.1, 0.15) is 0 Å². The molecule has 2 heteroatoms. The molecule has 0 spiro atoms. The summed E-state index contributed by atoms with van der Waals surface area (Å²) < 4.78 is 0. The summed E-state index contributed by atoms with van der Waals surface area (Å²) in [4.78, 5) is 8.98. The van der Waals surface area contributed by atoms with Gasteiger partial charge in [0, 0.05) is 12.4 Å². The first-order chi connectivity index (χ1) is 11.7. The largest absolute Gasteiger partial charge is 0.256 e. The molecule has 0 saturated heterocycles. The van der Waals surface area contributed by atoms with Crippen LogP contribution in [0, 0.1) is 13.8 Å². The number of benzene rings is 3. The lowest BCUT2D eigenvalue weighted by Crippen LogP contribution is -1.84. The van der Waals surface area contributed by atoms with E-state index in [2.05, 4.69) is 48.1 Å². The quantitative estimate of drug-likeness (QED) is 0.544. The maximum absolute atomic E-state index is 4.49. The number of aryl methyl sites for hydroxylation is 2. The third-order valence-electron chi connectivity index (χ3n) is 3.73. The van der Waals surface area contributed by atoms with E-state index in [0.717, 1.165) is 22.5 Å². The molecule has 0 aromatic heterocycles. The molecule has 3 aromatic carbocycles. The van der Waals surface area contributed by atoms with Crippen LogP contribution < -0.4 is 0 Å². The summed E-state index contributed by atoms with van der Waals surface area (Å²) in [5.41, 5.74) is 6.56. The van der Waals surface area contributed by atoms with Gasteiger partial charge in [-0.15, -0.1) is 0 Å². The van der Waals surface area contributed by atoms with E-state index < -0.39 is 0 Å². The monoisotopic (exact) mass is 312 g/mol. The van der Waals surface area contributed by atoms with Crippen LogP contribution in [0.4, 0.5) is 11.4 Å².